The SMILES string of the molecule is Cn1ccnc1CCN1CC2CCCNC2C1. The van der Waals surface area contributed by atoms with Gasteiger partial charge in [0.25, 0.3) is 0 Å². The fourth-order valence-electron chi connectivity index (χ4n) is 3.21. The van der Waals surface area contributed by atoms with Gasteiger partial charge in [-0.1, -0.05) is 0 Å². The summed E-state index contributed by atoms with van der Waals surface area (Å²) in [4.78, 5) is 6.99. The highest BCUT2D eigenvalue weighted by Crippen LogP contribution is 2.24. The average molecular weight is 234 g/mol. The van der Waals surface area contributed by atoms with Gasteiger partial charge in [0.15, 0.2) is 0 Å². The Bertz CT molecular complexity index is 359. The Balaban J connectivity index is 1.52. The molecule has 1 aromatic heterocycles. The van der Waals surface area contributed by atoms with E-state index in [0.717, 1.165) is 24.9 Å². The molecule has 4 heteroatoms. The van der Waals surface area contributed by atoms with Crippen LogP contribution in [0.4, 0.5) is 0 Å². The topological polar surface area (TPSA) is 33.1 Å². The molecule has 2 saturated heterocycles. The third-order valence-electron chi connectivity index (χ3n) is 4.25. The van der Waals surface area contributed by atoms with E-state index in [9.17, 15) is 0 Å². The molecule has 3 heterocycles. The molecule has 0 saturated carbocycles. The third kappa shape index (κ3) is 2.38. The zero-order valence-corrected chi connectivity index (χ0v) is 10.6. The normalized spacial score (nSPS) is 29.5. The van der Waals surface area contributed by atoms with Crippen molar-refractivity contribution in [2.24, 2.45) is 13.0 Å². The number of likely N-dealkylation sites (tertiary alicyclic amines) is 1. The number of rotatable bonds is 3. The molecule has 2 aliphatic rings. The van der Waals surface area contributed by atoms with E-state index in [-0.39, 0.29) is 0 Å². The first-order chi connectivity index (χ1) is 8.33. The highest BCUT2D eigenvalue weighted by atomic mass is 15.2. The van der Waals surface area contributed by atoms with Crippen LogP contribution in [0.5, 0.6) is 0 Å². The van der Waals surface area contributed by atoms with Crippen LogP contribution in [-0.2, 0) is 13.5 Å². The Kier molecular flexibility index (Phi) is 3.16. The van der Waals surface area contributed by atoms with Crippen LogP contribution >= 0.6 is 0 Å². The first kappa shape index (κ1) is 11.2. The van der Waals surface area contributed by atoms with Crippen LogP contribution in [0.3, 0.4) is 0 Å². The number of aryl methyl sites for hydroxylation is 1. The Labute approximate surface area is 103 Å². The van der Waals surface area contributed by atoms with Crippen molar-refractivity contribution in [3.63, 3.8) is 0 Å². The van der Waals surface area contributed by atoms with Gasteiger partial charge >= 0.3 is 0 Å². The molecule has 2 aliphatic heterocycles. The van der Waals surface area contributed by atoms with Crippen LogP contribution in [0, 0.1) is 5.92 Å². The summed E-state index contributed by atoms with van der Waals surface area (Å²) in [5.74, 6) is 2.10. The number of hydrogen-bond donors (Lipinski definition) is 1. The molecule has 2 unspecified atom stereocenters. The lowest BCUT2D eigenvalue weighted by atomic mass is 9.94. The van der Waals surface area contributed by atoms with E-state index < -0.39 is 0 Å². The standard InChI is InChI=1S/C13H22N4/c1-16-8-6-15-13(16)4-7-17-9-11-3-2-5-14-12(11)10-17/h6,8,11-12,14H,2-5,7,9-10H2,1H3. The number of aromatic nitrogens is 2. The van der Waals surface area contributed by atoms with Gasteiger partial charge in [-0.05, 0) is 25.3 Å². The van der Waals surface area contributed by atoms with Gasteiger partial charge in [0.2, 0.25) is 0 Å². The first-order valence-corrected chi connectivity index (χ1v) is 6.75. The number of fused-ring (bicyclic) bond motifs is 1. The summed E-state index contributed by atoms with van der Waals surface area (Å²) in [6, 6.07) is 0.755. The van der Waals surface area contributed by atoms with Gasteiger partial charge < -0.3 is 14.8 Å². The molecule has 94 valence electrons. The maximum atomic E-state index is 4.39. The minimum atomic E-state index is 0.755. The first-order valence-electron chi connectivity index (χ1n) is 6.75. The van der Waals surface area contributed by atoms with Gasteiger partial charge in [0.1, 0.15) is 5.82 Å². The van der Waals surface area contributed by atoms with Crippen molar-refractivity contribution in [1.29, 1.82) is 0 Å². The molecule has 2 fully saturated rings. The summed E-state index contributed by atoms with van der Waals surface area (Å²) in [5.41, 5.74) is 0. The monoisotopic (exact) mass is 234 g/mol. The Morgan fingerprint density at radius 1 is 1.47 bits per heavy atom. The largest absolute Gasteiger partial charge is 0.338 e. The smallest absolute Gasteiger partial charge is 0.109 e. The molecule has 4 nitrogen and oxygen atoms in total. The van der Waals surface area contributed by atoms with Gasteiger partial charge in [-0.15, -0.1) is 0 Å². The predicted molar refractivity (Wildman–Crippen MR) is 67.9 cm³/mol. The van der Waals surface area contributed by atoms with Crippen molar-refractivity contribution in [2.75, 3.05) is 26.2 Å². The molecule has 1 N–H and O–H groups in total. The molecular formula is C13H22N4. The maximum absolute atomic E-state index is 4.39. The molecule has 0 spiro atoms. The average Bonchev–Trinajstić information content (AvgIpc) is 2.92. The van der Waals surface area contributed by atoms with Crippen LogP contribution in [0.2, 0.25) is 0 Å². The zero-order chi connectivity index (χ0) is 11.7. The van der Waals surface area contributed by atoms with Crippen molar-refractivity contribution in [1.82, 2.24) is 19.8 Å². The van der Waals surface area contributed by atoms with E-state index >= 15 is 0 Å². The summed E-state index contributed by atoms with van der Waals surface area (Å²) in [7, 11) is 2.08. The maximum Gasteiger partial charge on any atom is 0.109 e. The van der Waals surface area contributed by atoms with E-state index in [1.54, 1.807) is 0 Å². The molecule has 17 heavy (non-hydrogen) atoms. The number of nitrogens with zero attached hydrogens (tertiary/aromatic N) is 3. The van der Waals surface area contributed by atoms with E-state index in [1.807, 2.05) is 12.4 Å². The number of piperidine rings is 1. The van der Waals surface area contributed by atoms with Crippen molar-refractivity contribution in [2.45, 2.75) is 25.3 Å². The molecule has 0 amide bonds. The predicted octanol–water partition coefficient (Wildman–Crippen LogP) is 0.646. The van der Waals surface area contributed by atoms with Gasteiger partial charge in [-0.25, -0.2) is 4.98 Å². The molecular weight excluding hydrogens is 212 g/mol. The molecule has 0 aromatic carbocycles. The molecule has 1 aromatic rings. The lowest BCUT2D eigenvalue weighted by Crippen LogP contribution is -2.40. The Morgan fingerprint density at radius 2 is 2.41 bits per heavy atom. The lowest BCUT2D eigenvalue weighted by molar-refractivity contribution is 0.320. The van der Waals surface area contributed by atoms with E-state index in [4.69, 9.17) is 0 Å². The van der Waals surface area contributed by atoms with E-state index in [0.29, 0.717) is 0 Å². The van der Waals surface area contributed by atoms with Crippen LogP contribution in [-0.4, -0.2) is 46.7 Å². The van der Waals surface area contributed by atoms with Crippen molar-refractivity contribution in [3.05, 3.63) is 18.2 Å². The Hall–Kier alpha value is -0.870. The zero-order valence-electron chi connectivity index (χ0n) is 10.6. The van der Waals surface area contributed by atoms with Gasteiger partial charge in [0.05, 0.1) is 0 Å². The highest BCUT2D eigenvalue weighted by Gasteiger charge is 2.33. The highest BCUT2D eigenvalue weighted by molar-refractivity contribution is 4.95. The Morgan fingerprint density at radius 3 is 3.18 bits per heavy atom. The fraction of sp³-hybridized carbons (Fsp3) is 0.769. The second-order valence-corrected chi connectivity index (χ2v) is 5.43. The van der Waals surface area contributed by atoms with Gasteiger partial charge in [0, 0.05) is 51.5 Å². The van der Waals surface area contributed by atoms with Crippen LogP contribution < -0.4 is 5.32 Å². The molecule has 0 aliphatic carbocycles. The summed E-state index contributed by atoms with van der Waals surface area (Å²) >= 11 is 0. The van der Waals surface area contributed by atoms with Crippen LogP contribution in [0.15, 0.2) is 12.4 Å². The summed E-state index contributed by atoms with van der Waals surface area (Å²) < 4.78 is 2.13. The minimum absolute atomic E-state index is 0.755. The van der Waals surface area contributed by atoms with Crippen molar-refractivity contribution in [3.8, 4) is 0 Å². The number of imidazole rings is 1. The summed E-state index contributed by atoms with van der Waals surface area (Å²) in [5, 5.41) is 3.65. The lowest BCUT2D eigenvalue weighted by Gasteiger charge is -2.24. The minimum Gasteiger partial charge on any atom is -0.338 e. The second-order valence-electron chi connectivity index (χ2n) is 5.43. The van der Waals surface area contributed by atoms with E-state index in [1.165, 1.54) is 38.3 Å². The fourth-order valence-corrected chi connectivity index (χ4v) is 3.21. The molecule has 3 rings (SSSR count). The van der Waals surface area contributed by atoms with Gasteiger partial charge in [-0.3, -0.25) is 0 Å². The summed E-state index contributed by atoms with van der Waals surface area (Å²) in [6.07, 6.45) is 7.76. The quantitative estimate of drug-likeness (QED) is 0.833. The third-order valence-corrected chi connectivity index (χ3v) is 4.25. The number of nitrogens with one attached hydrogen (secondary N) is 1. The van der Waals surface area contributed by atoms with Crippen molar-refractivity contribution < 1.29 is 0 Å². The van der Waals surface area contributed by atoms with Crippen LogP contribution in [0.25, 0.3) is 0 Å². The molecule has 0 radical (unpaired) electrons. The molecule has 2 atom stereocenters. The van der Waals surface area contributed by atoms with Crippen LogP contribution in [0.1, 0.15) is 18.7 Å². The second kappa shape index (κ2) is 4.78. The number of hydrogen-bond acceptors (Lipinski definition) is 3. The van der Waals surface area contributed by atoms with Crippen molar-refractivity contribution >= 4 is 0 Å². The summed E-state index contributed by atoms with van der Waals surface area (Å²) in [6.45, 7) is 4.88. The molecule has 0 bridgehead atoms. The van der Waals surface area contributed by atoms with E-state index in [2.05, 4.69) is 26.8 Å². The van der Waals surface area contributed by atoms with Gasteiger partial charge in [-0.2, -0.15) is 0 Å².